The molecule has 1 saturated heterocycles. The molecule has 18 heavy (non-hydrogen) atoms. The summed E-state index contributed by atoms with van der Waals surface area (Å²) in [6.45, 7) is -0.0744. The van der Waals surface area contributed by atoms with Crippen molar-refractivity contribution in [2.75, 3.05) is 6.54 Å². The first kappa shape index (κ1) is 12.5. The van der Waals surface area contributed by atoms with Crippen LogP contribution in [0.1, 0.15) is 32.1 Å². The van der Waals surface area contributed by atoms with E-state index in [9.17, 15) is 19.2 Å². The number of amides is 5. The predicted octanol–water partition coefficient (Wildman–Crippen LogP) is -0.499. The summed E-state index contributed by atoms with van der Waals surface area (Å²) in [5, 5.41) is 2.19. The van der Waals surface area contributed by atoms with Crippen LogP contribution in [0.5, 0.6) is 0 Å². The van der Waals surface area contributed by atoms with Gasteiger partial charge in [0.15, 0.2) is 0 Å². The maximum absolute atomic E-state index is 12.3. The van der Waals surface area contributed by atoms with Crippen molar-refractivity contribution in [1.29, 1.82) is 0 Å². The van der Waals surface area contributed by atoms with Crippen molar-refractivity contribution >= 4 is 23.8 Å². The molecule has 98 valence electrons. The van der Waals surface area contributed by atoms with Crippen LogP contribution in [0, 0.1) is 5.41 Å². The number of nitrogens with two attached hydrogens (primary N) is 1. The molecule has 1 heterocycles. The van der Waals surface area contributed by atoms with E-state index in [4.69, 9.17) is 5.73 Å². The van der Waals surface area contributed by atoms with Gasteiger partial charge in [-0.2, -0.15) is 0 Å². The molecule has 0 unspecified atom stereocenters. The maximum Gasteiger partial charge on any atom is 0.330 e. The molecule has 0 radical (unpaired) electrons. The van der Waals surface area contributed by atoms with E-state index in [0.717, 1.165) is 17.7 Å². The molecule has 1 saturated carbocycles. The smallest absolute Gasteiger partial charge is 0.330 e. The van der Waals surface area contributed by atoms with Crippen LogP contribution in [-0.4, -0.2) is 35.2 Å². The summed E-state index contributed by atoms with van der Waals surface area (Å²) in [6.07, 6.45) is 2.40. The third-order valence-corrected chi connectivity index (χ3v) is 3.59. The first-order valence-corrected chi connectivity index (χ1v) is 5.93. The number of hydrogen-bond donors (Lipinski definition) is 2. The summed E-state index contributed by atoms with van der Waals surface area (Å²) in [5.74, 6) is -1.59. The molecule has 0 aromatic rings. The van der Waals surface area contributed by atoms with Gasteiger partial charge in [0.2, 0.25) is 17.7 Å². The zero-order valence-corrected chi connectivity index (χ0v) is 9.90. The van der Waals surface area contributed by atoms with Gasteiger partial charge in [0.1, 0.15) is 5.41 Å². The minimum absolute atomic E-state index is 0.0744. The molecule has 0 aromatic carbocycles. The average Bonchev–Trinajstić information content (AvgIpc) is 2.76. The lowest BCUT2D eigenvalue weighted by atomic mass is 9.82. The number of barbiturate groups is 1. The average molecular weight is 253 g/mol. The van der Waals surface area contributed by atoms with Gasteiger partial charge in [0.25, 0.3) is 0 Å². The fourth-order valence-electron chi connectivity index (χ4n) is 2.58. The molecule has 2 fully saturated rings. The Labute approximate surface area is 104 Å². The summed E-state index contributed by atoms with van der Waals surface area (Å²) in [4.78, 5) is 47.4. The molecule has 1 aliphatic carbocycles. The quantitative estimate of drug-likeness (QED) is 0.660. The second kappa shape index (κ2) is 4.40. The molecular formula is C11H15N3O4. The Bertz CT molecular complexity index is 426. The van der Waals surface area contributed by atoms with Crippen LogP contribution < -0.4 is 11.1 Å². The maximum atomic E-state index is 12.3. The Morgan fingerprint density at radius 3 is 2.44 bits per heavy atom. The number of hydrogen-bond acceptors (Lipinski definition) is 4. The number of urea groups is 1. The molecule has 5 amide bonds. The van der Waals surface area contributed by atoms with Crippen LogP contribution in [0.2, 0.25) is 0 Å². The number of imide groups is 2. The summed E-state index contributed by atoms with van der Waals surface area (Å²) in [5.41, 5.74) is 3.89. The molecule has 0 bridgehead atoms. The molecule has 7 heteroatoms. The van der Waals surface area contributed by atoms with Crippen LogP contribution in [0.25, 0.3) is 0 Å². The van der Waals surface area contributed by atoms with Gasteiger partial charge in [-0.25, -0.2) is 4.79 Å². The molecule has 2 rings (SSSR count). The monoisotopic (exact) mass is 253 g/mol. The molecular weight excluding hydrogens is 238 g/mol. The first-order valence-electron chi connectivity index (χ1n) is 5.93. The highest BCUT2D eigenvalue weighted by atomic mass is 16.2. The standard InChI is InChI=1S/C11H15N3O4/c12-7(15)3-6-14-9(17)11(4-1-2-5-11)8(16)13-10(14)18/h1-6H2,(H2,12,15)(H,13,16,18). The Balaban J connectivity index is 2.20. The van der Waals surface area contributed by atoms with Gasteiger partial charge < -0.3 is 5.73 Å². The molecule has 1 aliphatic heterocycles. The van der Waals surface area contributed by atoms with Crippen molar-refractivity contribution in [3.05, 3.63) is 0 Å². The van der Waals surface area contributed by atoms with E-state index in [-0.39, 0.29) is 13.0 Å². The van der Waals surface area contributed by atoms with Gasteiger partial charge in [-0.1, -0.05) is 12.8 Å². The van der Waals surface area contributed by atoms with Crippen molar-refractivity contribution in [3.8, 4) is 0 Å². The SMILES string of the molecule is NC(=O)CCN1C(=O)NC(=O)C2(CCCC2)C1=O. The molecule has 3 N–H and O–H groups in total. The molecule has 1 spiro atoms. The molecule has 2 aliphatic rings. The van der Waals surface area contributed by atoms with Crippen LogP contribution in [0.15, 0.2) is 0 Å². The van der Waals surface area contributed by atoms with Crippen LogP contribution in [0.3, 0.4) is 0 Å². The highest BCUT2D eigenvalue weighted by molar-refractivity contribution is 6.19. The van der Waals surface area contributed by atoms with Crippen molar-refractivity contribution < 1.29 is 19.2 Å². The first-order chi connectivity index (χ1) is 8.47. The zero-order valence-electron chi connectivity index (χ0n) is 9.90. The van der Waals surface area contributed by atoms with E-state index in [2.05, 4.69) is 5.32 Å². The van der Waals surface area contributed by atoms with Gasteiger partial charge in [0, 0.05) is 13.0 Å². The van der Waals surface area contributed by atoms with E-state index in [1.807, 2.05) is 0 Å². The van der Waals surface area contributed by atoms with Gasteiger partial charge >= 0.3 is 6.03 Å². The van der Waals surface area contributed by atoms with Gasteiger partial charge in [-0.15, -0.1) is 0 Å². The Morgan fingerprint density at radius 2 is 1.89 bits per heavy atom. The van der Waals surface area contributed by atoms with Crippen molar-refractivity contribution in [1.82, 2.24) is 10.2 Å². The Hall–Kier alpha value is -1.92. The lowest BCUT2D eigenvalue weighted by Crippen LogP contribution is -2.63. The number of primary amides is 1. The molecule has 7 nitrogen and oxygen atoms in total. The number of nitrogens with one attached hydrogen (secondary N) is 1. The fourth-order valence-corrected chi connectivity index (χ4v) is 2.58. The summed E-state index contributed by atoms with van der Waals surface area (Å²) < 4.78 is 0. The molecule has 0 aromatic heterocycles. The van der Waals surface area contributed by atoms with E-state index in [1.54, 1.807) is 0 Å². The topological polar surface area (TPSA) is 110 Å². The van der Waals surface area contributed by atoms with E-state index in [0.29, 0.717) is 12.8 Å². The van der Waals surface area contributed by atoms with E-state index in [1.165, 1.54) is 0 Å². The normalized spacial score (nSPS) is 22.4. The largest absolute Gasteiger partial charge is 0.370 e. The van der Waals surface area contributed by atoms with Crippen molar-refractivity contribution in [3.63, 3.8) is 0 Å². The second-order valence-electron chi connectivity index (χ2n) is 4.72. The zero-order chi connectivity index (χ0) is 13.3. The van der Waals surface area contributed by atoms with Crippen molar-refractivity contribution in [2.24, 2.45) is 11.1 Å². The number of rotatable bonds is 3. The number of carbonyl (C=O) groups is 4. The minimum Gasteiger partial charge on any atom is -0.370 e. The lowest BCUT2D eigenvalue weighted by Gasteiger charge is -2.36. The number of carbonyl (C=O) groups excluding carboxylic acids is 4. The Morgan fingerprint density at radius 1 is 1.28 bits per heavy atom. The van der Waals surface area contributed by atoms with E-state index >= 15 is 0 Å². The fraction of sp³-hybridized carbons (Fsp3) is 0.636. The van der Waals surface area contributed by atoms with Crippen LogP contribution in [0.4, 0.5) is 4.79 Å². The highest BCUT2D eigenvalue weighted by Crippen LogP contribution is 2.41. The third kappa shape index (κ3) is 1.85. The van der Waals surface area contributed by atoms with Gasteiger partial charge in [0.05, 0.1) is 0 Å². The van der Waals surface area contributed by atoms with Crippen LogP contribution >= 0.6 is 0 Å². The summed E-state index contributed by atoms with van der Waals surface area (Å²) in [7, 11) is 0. The minimum atomic E-state index is -1.11. The third-order valence-electron chi connectivity index (χ3n) is 3.59. The highest BCUT2D eigenvalue weighted by Gasteiger charge is 2.54. The predicted molar refractivity (Wildman–Crippen MR) is 60.0 cm³/mol. The summed E-state index contributed by atoms with van der Waals surface area (Å²) in [6, 6.07) is -0.760. The Kier molecular flexibility index (Phi) is 3.06. The van der Waals surface area contributed by atoms with Gasteiger partial charge in [-0.3, -0.25) is 24.6 Å². The van der Waals surface area contributed by atoms with Gasteiger partial charge in [-0.05, 0) is 12.8 Å². The van der Waals surface area contributed by atoms with E-state index < -0.39 is 29.2 Å². The van der Waals surface area contributed by atoms with Crippen molar-refractivity contribution in [2.45, 2.75) is 32.1 Å². The lowest BCUT2D eigenvalue weighted by molar-refractivity contribution is -0.151. The summed E-state index contributed by atoms with van der Waals surface area (Å²) >= 11 is 0. The second-order valence-corrected chi connectivity index (χ2v) is 4.72. The molecule has 0 atom stereocenters. The number of nitrogens with zero attached hydrogens (tertiary/aromatic N) is 1. The van der Waals surface area contributed by atoms with Crippen LogP contribution in [-0.2, 0) is 14.4 Å².